The summed E-state index contributed by atoms with van der Waals surface area (Å²) in [4.78, 5) is 22.1. The number of nitriles is 1. The average molecular weight is 260 g/mol. The molecule has 1 aromatic carbocycles. The molecule has 5 nitrogen and oxygen atoms in total. The van der Waals surface area contributed by atoms with Gasteiger partial charge < -0.3 is 10.1 Å². The van der Waals surface area contributed by atoms with E-state index < -0.39 is 0 Å². The molecule has 0 aliphatic carbocycles. The highest BCUT2D eigenvalue weighted by Gasteiger charge is 2.08. The van der Waals surface area contributed by atoms with E-state index in [9.17, 15) is 9.59 Å². The maximum absolute atomic E-state index is 11.4. The van der Waals surface area contributed by atoms with E-state index in [1.807, 2.05) is 19.9 Å². The number of hydrogen-bond donors (Lipinski definition) is 1. The highest BCUT2D eigenvalue weighted by molar-refractivity contribution is 5.78. The fourth-order valence-corrected chi connectivity index (χ4v) is 1.73. The van der Waals surface area contributed by atoms with E-state index in [4.69, 9.17) is 10.00 Å². The number of carbonyl (C=O) groups excluding carboxylic acids is 2. The van der Waals surface area contributed by atoms with Gasteiger partial charge in [-0.05, 0) is 37.1 Å². The Morgan fingerprint density at radius 1 is 1.42 bits per heavy atom. The third kappa shape index (κ3) is 4.43. The molecule has 0 spiro atoms. The molecule has 1 N–H and O–H groups in total. The first-order valence-electron chi connectivity index (χ1n) is 5.91. The summed E-state index contributed by atoms with van der Waals surface area (Å²) in [5.74, 6) is 0.342. The maximum atomic E-state index is 11.4. The summed E-state index contributed by atoms with van der Waals surface area (Å²) >= 11 is 0. The molecule has 0 aromatic heterocycles. The Labute approximate surface area is 112 Å². The summed E-state index contributed by atoms with van der Waals surface area (Å²) in [7, 11) is 0. The first kappa shape index (κ1) is 14.7. The Morgan fingerprint density at radius 2 is 2.05 bits per heavy atom. The number of carbonyl (C=O) groups is 2. The second-order valence-electron chi connectivity index (χ2n) is 4.15. The Bertz CT molecular complexity index is 495. The van der Waals surface area contributed by atoms with Crippen LogP contribution in [-0.2, 0) is 4.79 Å². The van der Waals surface area contributed by atoms with Gasteiger partial charge in [-0.25, -0.2) is 0 Å². The lowest BCUT2D eigenvalue weighted by atomic mass is 10.1. The number of nitrogens with one attached hydrogen (secondary N) is 1. The number of nitrogens with zero attached hydrogens (tertiary/aromatic N) is 1. The number of aryl methyl sites for hydroxylation is 2. The molecule has 0 saturated heterocycles. The Balaban J connectivity index is 2.61. The molecule has 0 saturated carbocycles. The molecule has 1 amide bonds. The van der Waals surface area contributed by atoms with E-state index in [2.05, 4.69) is 5.32 Å². The number of hydrogen-bond acceptors (Lipinski definition) is 4. The second-order valence-corrected chi connectivity index (χ2v) is 4.15. The molecule has 0 aliphatic heterocycles. The zero-order valence-corrected chi connectivity index (χ0v) is 11.0. The smallest absolute Gasteiger partial charge is 0.257 e. The number of amides is 1. The quantitative estimate of drug-likeness (QED) is 0.621. The third-order valence-electron chi connectivity index (χ3n) is 2.53. The standard InChI is InChI=1S/C14H16N2O3/c1-10-6-12(8-17)7-11(2)14(10)19-9-13(18)16-5-3-4-15/h6-8H,3,5,9H2,1-2H3,(H,16,18). The molecule has 0 unspecified atom stereocenters. The zero-order chi connectivity index (χ0) is 14.3. The third-order valence-corrected chi connectivity index (χ3v) is 2.53. The number of ether oxygens (including phenoxy) is 1. The van der Waals surface area contributed by atoms with Crippen LogP contribution in [0.2, 0.25) is 0 Å². The van der Waals surface area contributed by atoms with E-state index in [-0.39, 0.29) is 18.9 Å². The highest BCUT2D eigenvalue weighted by atomic mass is 16.5. The van der Waals surface area contributed by atoms with E-state index >= 15 is 0 Å². The van der Waals surface area contributed by atoms with Gasteiger partial charge in [0.15, 0.2) is 6.61 Å². The monoisotopic (exact) mass is 260 g/mol. The Kier molecular flexibility index (Phi) is 5.55. The van der Waals surface area contributed by atoms with Gasteiger partial charge in [0.05, 0.1) is 12.5 Å². The molecular formula is C14H16N2O3. The van der Waals surface area contributed by atoms with Crippen molar-refractivity contribution in [1.82, 2.24) is 5.32 Å². The molecule has 0 heterocycles. The van der Waals surface area contributed by atoms with Gasteiger partial charge in [-0.1, -0.05) is 0 Å². The van der Waals surface area contributed by atoms with Crippen LogP contribution in [0.25, 0.3) is 0 Å². The van der Waals surface area contributed by atoms with Crippen molar-refractivity contribution in [3.8, 4) is 11.8 Å². The lowest BCUT2D eigenvalue weighted by Crippen LogP contribution is -2.29. The SMILES string of the molecule is Cc1cc(C=O)cc(C)c1OCC(=O)NCCC#N. The summed E-state index contributed by atoms with van der Waals surface area (Å²) in [6, 6.07) is 5.36. The first-order chi connectivity index (χ1) is 9.08. The molecule has 0 fully saturated rings. The van der Waals surface area contributed by atoms with E-state index in [0.717, 1.165) is 17.4 Å². The van der Waals surface area contributed by atoms with Gasteiger partial charge in [0.2, 0.25) is 0 Å². The lowest BCUT2D eigenvalue weighted by Gasteiger charge is -2.12. The zero-order valence-electron chi connectivity index (χ0n) is 11.0. The molecule has 100 valence electrons. The molecule has 0 aliphatic rings. The molecule has 1 aromatic rings. The van der Waals surface area contributed by atoms with Crippen LogP contribution in [0.15, 0.2) is 12.1 Å². The van der Waals surface area contributed by atoms with Crippen LogP contribution in [0.5, 0.6) is 5.75 Å². The van der Waals surface area contributed by atoms with E-state index in [0.29, 0.717) is 17.9 Å². The van der Waals surface area contributed by atoms with Crippen LogP contribution in [0.1, 0.15) is 27.9 Å². The summed E-state index contributed by atoms with van der Waals surface area (Å²) < 4.78 is 5.45. The van der Waals surface area contributed by atoms with Gasteiger partial charge in [-0.2, -0.15) is 5.26 Å². The van der Waals surface area contributed by atoms with Gasteiger partial charge in [0, 0.05) is 12.1 Å². The molecule has 19 heavy (non-hydrogen) atoms. The minimum absolute atomic E-state index is 0.104. The summed E-state index contributed by atoms with van der Waals surface area (Å²) in [5.41, 5.74) is 2.21. The second kappa shape index (κ2) is 7.17. The van der Waals surface area contributed by atoms with Gasteiger partial charge >= 0.3 is 0 Å². The van der Waals surface area contributed by atoms with Crippen molar-refractivity contribution >= 4 is 12.2 Å². The molecule has 0 bridgehead atoms. The van der Waals surface area contributed by atoms with Gasteiger partial charge in [-0.15, -0.1) is 0 Å². The Morgan fingerprint density at radius 3 is 2.58 bits per heavy atom. The first-order valence-corrected chi connectivity index (χ1v) is 5.91. The van der Waals surface area contributed by atoms with Crippen molar-refractivity contribution in [3.63, 3.8) is 0 Å². The van der Waals surface area contributed by atoms with Crippen LogP contribution in [0, 0.1) is 25.2 Å². The maximum Gasteiger partial charge on any atom is 0.257 e. The van der Waals surface area contributed by atoms with Crippen LogP contribution in [0.4, 0.5) is 0 Å². The van der Waals surface area contributed by atoms with Crippen molar-refractivity contribution in [2.24, 2.45) is 0 Å². The Hall–Kier alpha value is -2.35. The fourth-order valence-electron chi connectivity index (χ4n) is 1.73. The largest absolute Gasteiger partial charge is 0.483 e. The summed E-state index contributed by atoms with van der Waals surface area (Å²) in [5, 5.41) is 10.9. The molecule has 1 rings (SSSR count). The summed E-state index contributed by atoms with van der Waals surface area (Å²) in [6.07, 6.45) is 1.05. The number of rotatable bonds is 6. The normalized spacial score (nSPS) is 9.53. The lowest BCUT2D eigenvalue weighted by molar-refractivity contribution is -0.123. The predicted molar refractivity (Wildman–Crippen MR) is 70.0 cm³/mol. The molecular weight excluding hydrogens is 244 g/mol. The molecule has 5 heteroatoms. The highest BCUT2D eigenvalue weighted by Crippen LogP contribution is 2.24. The van der Waals surface area contributed by atoms with E-state index in [1.165, 1.54) is 0 Å². The minimum Gasteiger partial charge on any atom is -0.483 e. The molecule has 0 radical (unpaired) electrons. The topological polar surface area (TPSA) is 79.2 Å². The fraction of sp³-hybridized carbons (Fsp3) is 0.357. The number of benzene rings is 1. The molecule has 0 atom stereocenters. The van der Waals surface area contributed by atoms with Crippen molar-refractivity contribution in [1.29, 1.82) is 5.26 Å². The predicted octanol–water partition coefficient (Wildman–Crippen LogP) is 1.52. The van der Waals surface area contributed by atoms with Crippen LogP contribution in [-0.4, -0.2) is 25.3 Å². The van der Waals surface area contributed by atoms with Crippen LogP contribution in [0.3, 0.4) is 0 Å². The van der Waals surface area contributed by atoms with Crippen LogP contribution < -0.4 is 10.1 Å². The van der Waals surface area contributed by atoms with Crippen molar-refractivity contribution in [2.75, 3.05) is 13.2 Å². The van der Waals surface area contributed by atoms with Gasteiger partial charge in [-0.3, -0.25) is 9.59 Å². The van der Waals surface area contributed by atoms with Crippen LogP contribution >= 0.6 is 0 Å². The van der Waals surface area contributed by atoms with Gasteiger partial charge in [0.25, 0.3) is 5.91 Å². The summed E-state index contributed by atoms with van der Waals surface area (Å²) in [6.45, 7) is 3.86. The minimum atomic E-state index is -0.270. The average Bonchev–Trinajstić information content (AvgIpc) is 2.37. The van der Waals surface area contributed by atoms with Gasteiger partial charge in [0.1, 0.15) is 12.0 Å². The van der Waals surface area contributed by atoms with Crippen molar-refractivity contribution in [2.45, 2.75) is 20.3 Å². The van der Waals surface area contributed by atoms with Crippen molar-refractivity contribution < 1.29 is 14.3 Å². The van der Waals surface area contributed by atoms with Crippen molar-refractivity contribution in [3.05, 3.63) is 28.8 Å². The number of aldehydes is 1. The van der Waals surface area contributed by atoms with E-state index in [1.54, 1.807) is 12.1 Å².